The summed E-state index contributed by atoms with van der Waals surface area (Å²) in [5.41, 5.74) is 0.610. The molecule has 0 rings (SSSR count). The highest BCUT2D eigenvalue weighted by Crippen LogP contribution is 1.94. The Balaban J connectivity index is 4.27. The summed E-state index contributed by atoms with van der Waals surface area (Å²) in [4.78, 5) is 0. The van der Waals surface area contributed by atoms with E-state index in [0.29, 0.717) is 22.1 Å². The average molecular weight is 274 g/mol. The molecule has 0 aromatic rings. The Hall–Kier alpha value is -0.100. The molecular formula is C4H6Br2N2O2. The predicted octanol–water partition coefficient (Wildman–Crippen LogP) is 1.44. The largest absolute Gasteiger partial charge is 0.411 e. The van der Waals surface area contributed by atoms with Crippen molar-refractivity contribution in [1.82, 2.24) is 0 Å². The number of hydrogen-bond acceptors (Lipinski definition) is 4. The van der Waals surface area contributed by atoms with Gasteiger partial charge in [0, 0.05) is 0 Å². The second-order valence-electron chi connectivity index (χ2n) is 1.36. The number of halogens is 2. The maximum atomic E-state index is 8.30. The summed E-state index contributed by atoms with van der Waals surface area (Å²) in [6.45, 7) is 0. The quantitative estimate of drug-likeness (QED) is 0.354. The van der Waals surface area contributed by atoms with Crippen molar-refractivity contribution in [2.45, 2.75) is 0 Å². The molecule has 0 bridgehead atoms. The van der Waals surface area contributed by atoms with E-state index in [2.05, 4.69) is 42.2 Å². The average Bonchev–Trinajstić information content (AvgIpc) is 2.00. The highest BCUT2D eigenvalue weighted by atomic mass is 79.9. The smallest absolute Gasteiger partial charge is 0.116 e. The molecule has 0 aliphatic rings. The first kappa shape index (κ1) is 9.90. The van der Waals surface area contributed by atoms with E-state index in [1.54, 1.807) is 0 Å². The lowest BCUT2D eigenvalue weighted by Gasteiger charge is -1.96. The Morgan fingerprint density at radius 2 is 1.30 bits per heavy atom. The van der Waals surface area contributed by atoms with Crippen molar-refractivity contribution >= 4 is 43.3 Å². The first-order chi connectivity index (χ1) is 4.79. The molecule has 10 heavy (non-hydrogen) atoms. The third-order valence-electron chi connectivity index (χ3n) is 0.828. The van der Waals surface area contributed by atoms with E-state index in [1.807, 2.05) is 0 Å². The van der Waals surface area contributed by atoms with E-state index in [1.165, 1.54) is 0 Å². The predicted molar refractivity (Wildman–Crippen MR) is 46.0 cm³/mol. The van der Waals surface area contributed by atoms with Crippen LogP contribution >= 0.6 is 31.9 Å². The van der Waals surface area contributed by atoms with Gasteiger partial charge in [0.15, 0.2) is 0 Å². The summed E-state index contributed by atoms with van der Waals surface area (Å²) in [5, 5.41) is 23.1. The van der Waals surface area contributed by atoms with Crippen LogP contribution in [-0.4, -0.2) is 32.5 Å². The summed E-state index contributed by atoms with van der Waals surface area (Å²) in [7, 11) is 0. The molecule has 0 aliphatic heterocycles. The molecule has 0 heterocycles. The fourth-order valence-corrected chi connectivity index (χ4v) is 1.19. The van der Waals surface area contributed by atoms with Gasteiger partial charge in [0.25, 0.3) is 0 Å². The van der Waals surface area contributed by atoms with Gasteiger partial charge in [-0.25, -0.2) is 0 Å². The number of hydrogen-bond donors (Lipinski definition) is 2. The zero-order chi connectivity index (χ0) is 7.98. The zero-order valence-electron chi connectivity index (χ0n) is 4.96. The molecule has 2 N–H and O–H groups in total. The summed E-state index contributed by atoms with van der Waals surface area (Å²) in [6, 6.07) is 0. The van der Waals surface area contributed by atoms with Gasteiger partial charge in [-0.05, 0) is 0 Å². The Morgan fingerprint density at radius 1 is 1.00 bits per heavy atom. The van der Waals surface area contributed by atoms with Crippen LogP contribution in [0.25, 0.3) is 0 Å². The van der Waals surface area contributed by atoms with Crippen molar-refractivity contribution in [1.29, 1.82) is 0 Å². The second-order valence-corrected chi connectivity index (χ2v) is 2.48. The molecule has 0 spiro atoms. The minimum absolute atomic E-state index is 0.305. The van der Waals surface area contributed by atoms with Gasteiger partial charge in [0.05, 0.1) is 10.7 Å². The number of nitrogens with zero attached hydrogens (tertiary/aromatic N) is 2. The van der Waals surface area contributed by atoms with Gasteiger partial charge in [-0.3, -0.25) is 0 Å². The van der Waals surface area contributed by atoms with Gasteiger partial charge in [-0.1, -0.05) is 42.2 Å². The molecule has 0 aromatic heterocycles. The summed E-state index contributed by atoms with van der Waals surface area (Å²) < 4.78 is 0. The van der Waals surface area contributed by atoms with Gasteiger partial charge in [0.1, 0.15) is 11.4 Å². The Bertz CT molecular complexity index is 139. The van der Waals surface area contributed by atoms with Crippen LogP contribution in [0.5, 0.6) is 0 Å². The monoisotopic (exact) mass is 272 g/mol. The van der Waals surface area contributed by atoms with Crippen LogP contribution in [0, 0.1) is 0 Å². The van der Waals surface area contributed by atoms with Crippen LogP contribution < -0.4 is 0 Å². The number of alkyl halides is 2. The number of rotatable bonds is 3. The first-order valence-electron chi connectivity index (χ1n) is 2.34. The molecule has 0 unspecified atom stereocenters. The van der Waals surface area contributed by atoms with Crippen LogP contribution in [0.15, 0.2) is 10.3 Å². The van der Waals surface area contributed by atoms with Crippen LogP contribution in [0.1, 0.15) is 0 Å². The van der Waals surface area contributed by atoms with Crippen molar-refractivity contribution in [3.63, 3.8) is 0 Å². The van der Waals surface area contributed by atoms with Crippen molar-refractivity contribution in [2.24, 2.45) is 10.3 Å². The summed E-state index contributed by atoms with van der Waals surface area (Å²) >= 11 is 6.11. The highest BCUT2D eigenvalue weighted by Gasteiger charge is 2.06. The fraction of sp³-hybridized carbons (Fsp3) is 0.500. The molecule has 0 atom stereocenters. The zero-order valence-corrected chi connectivity index (χ0v) is 8.13. The summed E-state index contributed by atoms with van der Waals surface area (Å²) in [5.74, 6) is 0. The first-order valence-corrected chi connectivity index (χ1v) is 4.58. The second kappa shape index (κ2) is 5.67. The SMILES string of the molecule is ON=C(CBr)C(CBr)=NO. The molecule has 0 radical (unpaired) electrons. The van der Waals surface area contributed by atoms with E-state index in [9.17, 15) is 0 Å². The molecule has 0 saturated carbocycles. The molecule has 0 aromatic carbocycles. The number of oxime groups is 2. The van der Waals surface area contributed by atoms with Gasteiger partial charge in [0.2, 0.25) is 0 Å². The molecule has 0 saturated heterocycles. The van der Waals surface area contributed by atoms with Gasteiger partial charge >= 0.3 is 0 Å². The standard InChI is InChI=1S/C4H6Br2N2O2/c5-1-3(7-9)4(2-6)8-10/h9-10H,1-2H2. The van der Waals surface area contributed by atoms with E-state index >= 15 is 0 Å². The Labute approximate surface area is 74.9 Å². The van der Waals surface area contributed by atoms with Crippen molar-refractivity contribution in [3.05, 3.63) is 0 Å². The van der Waals surface area contributed by atoms with Crippen LogP contribution in [-0.2, 0) is 0 Å². The molecule has 4 nitrogen and oxygen atoms in total. The normalized spacial score (nSPS) is 13.8. The Morgan fingerprint density at radius 3 is 1.40 bits per heavy atom. The molecule has 6 heteroatoms. The summed E-state index contributed by atoms with van der Waals surface area (Å²) in [6.07, 6.45) is 0. The molecular weight excluding hydrogens is 268 g/mol. The molecule has 0 aliphatic carbocycles. The van der Waals surface area contributed by atoms with E-state index in [4.69, 9.17) is 10.4 Å². The highest BCUT2D eigenvalue weighted by molar-refractivity contribution is 9.10. The van der Waals surface area contributed by atoms with E-state index in [0.717, 1.165) is 0 Å². The van der Waals surface area contributed by atoms with Crippen LogP contribution in [0.2, 0.25) is 0 Å². The maximum Gasteiger partial charge on any atom is 0.116 e. The molecule has 0 amide bonds. The van der Waals surface area contributed by atoms with Crippen LogP contribution in [0.4, 0.5) is 0 Å². The fourth-order valence-electron chi connectivity index (χ4n) is 0.323. The third-order valence-corrected chi connectivity index (χ3v) is 1.89. The van der Waals surface area contributed by atoms with Crippen LogP contribution in [0.3, 0.4) is 0 Å². The van der Waals surface area contributed by atoms with E-state index in [-0.39, 0.29) is 0 Å². The van der Waals surface area contributed by atoms with Gasteiger partial charge in [-0.2, -0.15) is 0 Å². The lowest BCUT2D eigenvalue weighted by Crippen LogP contribution is -2.17. The lowest BCUT2D eigenvalue weighted by molar-refractivity contribution is 0.314. The van der Waals surface area contributed by atoms with E-state index < -0.39 is 0 Å². The molecule has 0 fully saturated rings. The molecule has 58 valence electrons. The minimum Gasteiger partial charge on any atom is -0.411 e. The van der Waals surface area contributed by atoms with Crippen molar-refractivity contribution in [3.8, 4) is 0 Å². The minimum atomic E-state index is 0.305. The van der Waals surface area contributed by atoms with Crippen molar-refractivity contribution < 1.29 is 10.4 Å². The van der Waals surface area contributed by atoms with Gasteiger partial charge in [-0.15, -0.1) is 0 Å². The van der Waals surface area contributed by atoms with Crippen molar-refractivity contribution in [2.75, 3.05) is 10.7 Å². The topological polar surface area (TPSA) is 65.2 Å². The Kier molecular flexibility index (Phi) is 5.61. The third kappa shape index (κ3) is 2.66. The van der Waals surface area contributed by atoms with Gasteiger partial charge < -0.3 is 10.4 Å². The lowest BCUT2D eigenvalue weighted by atomic mass is 10.3. The maximum absolute atomic E-state index is 8.30.